The molecular weight excluding hydrogens is 304 g/mol. The second kappa shape index (κ2) is 5.45. The van der Waals surface area contributed by atoms with E-state index in [0.29, 0.717) is 10.2 Å². The second-order valence-electron chi connectivity index (χ2n) is 4.09. The van der Waals surface area contributed by atoms with Crippen molar-refractivity contribution in [3.8, 4) is 0 Å². The normalized spacial score (nSPS) is 11.1. The van der Waals surface area contributed by atoms with Gasteiger partial charge in [-0.1, -0.05) is 0 Å². The molecule has 6 nitrogen and oxygen atoms in total. The van der Waals surface area contributed by atoms with Gasteiger partial charge in [0, 0.05) is 18.9 Å². The van der Waals surface area contributed by atoms with E-state index in [1.165, 1.54) is 25.3 Å². The highest BCUT2D eigenvalue weighted by Gasteiger charge is 2.27. The van der Waals surface area contributed by atoms with Crippen molar-refractivity contribution < 1.29 is 14.5 Å². The lowest BCUT2D eigenvalue weighted by Gasteiger charge is -2.21. The van der Waals surface area contributed by atoms with Crippen LogP contribution in [-0.4, -0.2) is 23.5 Å². The maximum atomic E-state index is 11.8. The summed E-state index contributed by atoms with van der Waals surface area (Å²) in [7, 11) is 1.44. The number of nitrogens with one attached hydrogen (secondary N) is 1. The number of benzene rings is 1. The highest BCUT2D eigenvalue weighted by atomic mass is 79.9. The Morgan fingerprint density at radius 2 is 2.11 bits per heavy atom. The number of methoxy groups -OCH3 is 1. The number of hydrogen-bond acceptors (Lipinski definition) is 4. The summed E-state index contributed by atoms with van der Waals surface area (Å²) in [6.45, 7) is 3.26. The van der Waals surface area contributed by atoms with Crippen molar-refractivity contribution >= 4 is 33.2 Å². The van der Waals surface area contributed by atoms with Crippen LogP contribution in [0.2, 0.25) is 0 Å². The lowest BCUT2D eigenvalue weighted by atomic mass is 10.1. The lowest BCUT2D eigenvalue weighted by molar-refractivity contribution is -0.385. The second-order valence-corrected chi connectivity index (χ2v) is 4.95. The summed E-state index contributed by atoms with van der Waals surface area (Å²) in [6, 6.07) is 4.26. The summed E-state index contributed by atoms with van der Waals surface area (Å²) in [5.41, 5.74) is -0.560. The van der Waals surface area contributed by atoms with Gasteiger partial charge in [0.15, 0.2) is 0 Å². The molecule has 0 fully saturated rings. The summed E-state index contributed by atoms with van der Waals surface area (Å²) in [5.74, 6) is -0.328. The Kier molecular flexibility index (Phi) is 4.42. The first kappa shape index (κ1) is 14.6. The molecule has 1 N–H and O–H groups in total. The van der Waals surface area contributed by atoms with Gasteiger partial charge in [-0.3, -0.25) is 14.9 Å². The number of nitro benzene ring substituents is 1. The molecule has 0 heterocycles. The Hall–Kier alpha value is -1.47. The number of nitrogens with zero attached hydrogens (tertiary/aromatic N) is 1. The molecule has 0 aliphatic rings. The summed E-state index contributed by atoms with van der Waals surface area (Å²) < 4.78 is 5.34. The number of hydrogen-bond donors (Lipinski definition) is 1. The zero-order valence-electron chi connectivity index (χ0n) is 10.2. The van der Waals surface area contributed by atoms with Crippen molar-refractivity contribution in [2.75, 3.05) is 12.4 Å². The first-order valence-corrected chi connectivity index (χ1v) is 5.88. The van der Waals surface area contributed by atoms with Gasteiger partial charge in [0.25, 0.3) is 11.6 Å². The Bertz CT molecular complexity index is 488. The molecule has 18 heavy (non-hydrogen) atoms. The van der Waals surface area contributed by atoms with Crippen molar-refractivity contribution in [1.29, 1.82) is 0 Å². The van der Waals surface area contributed by atoms with Gasteiger partial charge in [0.2, 0.25) is 0 Å². The summed E-state index contributed by atoms with van der Waals surface area (Å²) in [6.07, 6.45) is 0. The number of carbonyl (C=O) groups excluding carboxylic acids is 1. The monoisotopic (exact) mass is 316 g/mol. The Morgan fingerprint density at radius 3 is 2.56 bits per heavy atom. The van der Waals surface area contributed by atoms with E-state index in [1.54, 1.807) is 13.8 Å². The van der Waals surface area contributed by atoms with Crippen molar-refractivity contribution in [2.45, 2.75) is 19.4 Å². The number of nitro groups is 1. The third-order valence-electron chi connectivity index (χ3n) is 2.46. The lowest BCUT2D eigenvalue weighted by Crippen LogP contribution is -2.38. The fourth-order valence-electron chi connectivity index (χ4n) is 1.11. The molecule has 1 rings (SSSR count). The van der Waals surface area contributed by atoms with Crippen LogP contribution in [0.1, 0.15) is 13.8 Å². The maximum Gasteiger partial charge on any atom is 0.283 e. The number of rotatable bonds is 4. The zero-order valence-corrected chi connectivity index (χ0v) is 11.8. The predicted molar refractivity (Wildman–Crippen MR) is 70.5 cm³/mol. The van der Waals surface area contributed by atoms with Crippen LogP contribution in [0.25, 0.3) is 0 Å². The molecule has 0 aliphatic carbocycles. The smallest absolute Gasteiger partial charge is 0.283 e. The average molecular weight is 317 g/mol. The summed E-state index contributed by atoms with van der Waals surface area (Å²) >= 11 is 3.08. The molecule has 0 aliphatic heterocycles. The van der Waals surface area contributed by atoms with Crippen LogP contribution in [0.3, 0.4) is 0 Å². The highest BCUT2D eigenvalue weighted by molar-refractivity contribution is 9.10. The largest absolute Gasteiger partial charge is 0.369 e. The fraction of sp³-hybridized carbons (Fsp3) is 0.364. The first-order chi connectivity index (χ1) is 8.27. The standard InChI is InChI=1S/C11H13BrN2O4/c1-11(2,18-3)10(15)13-7-4-5-9(14(16)17)8(12)6-7/h4-6H,1-3H3,(H,13,15). The number of carbonyl (C=O) groups is 1. The van der Waals surface area contributed by atoms with E-state index < -0.39 is 10.5 Å². The van der Waals surface area contributed by atoms with Gasteiger partial charge in [-0.15, -0.1) is 0 Å². The van der Waals surface area contributed by atoms with Gasteiger partial charge in [0.1, 0.15) is 5.60 Å². The number of ether oxygens (including phenoxy) is 1. The van der Waals surface area contributed by atoms with E-state index in [0.717, 1.165) is 0 Å². The van der Waals surface area contributed by atoms with E-state index in [2.05, 4.69) is 21.2 Å². The van der Waals surface area contributed by atoms with Gasteiger partial charge in [-0.2, -0.15) is 0 Å². The molecule has 0 atom stereocenters. The third kappa shape index (κ3) is 3.27. The minimum atomic E-state index is -0.964. The molecule has 0 unspecified atom stereocenters. The average Bonchev–Trinajstić information content (AvgIpc) is 2.28. The van der Waals surface area contributed by atoms with Gasteiger partial charge >= 0.3 is 0 Å². The van der Waals surface area contributed by atoms with E-state index in [-0.39, 0.29) is 11.6 Å². The molecule has 0 spiro atoms. The van der Waals surface area contributed by atoms with Crippen LogP contribution >= 0.6 is 15.9 Å². The van der Waals surface area contributed by atoms with E-state index in [9.17, 15) is 14.9 Å². The Labute approximate surface area is 113 Å². The highest BCUT2D eigenvalue weighted by Crippen LogP contribution is 2.28. The molecule has 98 valence electrons. The topological polar surface area (TPSA) is 81.5 Å². The fourth-order valence-corrected chi connectivity index (χ4v) is 1.63. The van der Waals surface area contributed by atoms with E-state index in [1.807, 2.05) is 0 Å². The van der Waals surface area contributed by atoms with Crippen molar-refractivity contribution in [3.05, 3.63) is 32.8 Å². The molecule has 0 radical (unpaired) electrons. The Balaban J connectivity index is 2.91. The molecule has 0 aromatic heterocycles. The number of halogens is 1. The SMILES string of the molecule is COC(C)(C)C(=O)Nc1ccc([N+](=O)[O-])c(Br)c1. The molecular formula is C11H13BrN2O4. The van der Waals surface area contributed by atoms with Gasteiger partial charge < -0.3 is 10.1 Å². The number of anilines is 1. The van der Waals surface area contributed by atoms with Crippen LogP contribution in [0.5, 0.6) is 0 Å². The quantitative estimate of drug-likeness (QED) is 0.684. The Morgan fingerprint density at radius 1 is 1.50 bits per heavy atom. The maximum absolute atomic E-state index is 11.8. The van der Waals surface area contributed by atoms with Crippen molar-refractivity contribution in [2.24, 2.45) is 0 Å². The molecule has 0 bridgehead atoms. The molecule has 0 saturated heterocycles. The minimum absolute atomic E-state index is 0.0565. The van der Waals surface area contributed by atoms with Crippen LogP contribution < -0.4 is 5.32 Å². The first-order valence-electron chi connectivity index (χ1n) is 5.08. The van der Waals surface area contributed by atoms with Gasteiger partial charge in [-0.25, -0.2) is 0 Å². The summed E-state index contributed by atoms with van der Waals surface area (Å²) in [5, 5.41) is 13.3. The van der Waals surface area contributed by atoms with Crippen molar-refractivity contribution in [3.63, 3.8) is 0 Å². The van der Waals surface area contributed by atoms with E-state index >= 15 is 0 Å². The zero-order chi connectivity index (χ0) is 13.9. The molecule has 7 heteroatoms. The van der Waals surface area contributed by atoms with Crippen molar-refractivity contribution in [1.82, 2.24) is 0 Å². The predicted octanol–water partition coefficient (Wildman–Crippen LogP) is 2.72. The van der Waals surface area contributed by atoms with Crippen LogP contribution in [0.15, 0.2) is 22.7 Å². The van der Waals surface area contributed by atoms with Gasteiger partial charge in [0.05, 0.1) is 9.40 Å². The molecule has 1 aromatic carbocycles. The van der Waals surface area contributed by atoms with Crippen LogP contribution in [0.4, 0.5) is 11.4 Å². The minimum Gasteiger partial charge on any atom is -0.369 e. The molecule has 0 saturated carbocycles. The molecule has 1 aromatic rings. The van der Waals surface area contributed by atoms with E-state index in [4.69, 9.17) is 4.74 Å². The number of amides is 1. The third-order valence-corrected chi connectivity index (χ3v) is 3.09. The van der Waals surface area contributed by atoms with Crippen LogP contribution in [-0.2, 0) is 9.53 Å². The van der Waals surface area contributed by atoms with Gasteiger partial charge in [-0.05, 0) is 41.9 Å². The molecule has 1 amide bonds. The van der Waals surface area contributed by atoms with Crippen LogP contribution in [0, 0.1) is 10.1 Å². The summed E-state index contributed by atoms with van der Waals surface area (Å²) in [4.78, 5) is 21.9.